The van der Waals surface area contributed by atoms with E-state index in [1.54, 1.807) is 0 Å². The number of pyridine rings is 1. The number of hydrogen-bond donors (Lipinski definition) is 1. The molecule has 0 aliphatic carbocycles. The quantitative estimate of drug-likeness (QED) is 0.742. The first-order valence-electron chi connectivity index (χ1n) is 4.61. The maximum atomic E-state index is 5.72. The van der Waals surface area contributed by atoms with Crippen molar-refractivity contribution in [1.29, 1.82) is 0 Å². The van der Waals surface area contributed by atoms with Gasteiger partial charge in [0.15, 0.2) is 0 Å². The molecule has 1 unspecified atom stereocenters. The normalized spacial score (nSPS) is 21.2. The van der Waals surface area contributed by atoms with Gasteiger partial charge in [0.05, 0.1) is 5.69 Å². The maximum absolute atomic E-state index is 5.72. The molecule has 2 rings (SSSR count). The highest BCUT2D eigenvalue weighted by molar-refractivity contribution is 7.99. The average molecular weight is 194 g/mol. The van der Waals surface area contributed by atoms with Crippen LogP contribution in [0.25, 0.3) is 0 Å². The number of nitrogens with two attached hydrogens (primary N) is 1. The van der Waals surface area contributed by atoms with Crippen LogP contribution in [0.4, 0.5) is 0 Å². The van der Waals surface area contributed by atoms with Crippen molar-refractivity contribution >= 4 is 11.8 Å². The average Bonchev–Trinajstić information content (AvgIpc) is 2.17. The van der Waals surface area contributed by atoms with Crippen LogP contribution < -0.4 is 5.73 Å². The standard InChI is InChI=1S/C10H14N2S/c1-7-2-3-9-10(12-7)8(6-11)4-5-13-9/h2-3,8H,4-6,11H2,1H3. The molecule has 0 saturated heterocycles. The molecule has 13 heavy (non-hydrogen) atoms. The van der Waals surface area contributed by atoms with Crippen molar-refractivity contribution in [3.8, 4) is 0 Å². The smallest absolute Gasteiger partial charge is 0.0586 e. The van der Waals surface area contributed by atoms with E-state index in [0.717, 1.165) is 12.2 Å². The zero-order chi connectivity index (χ0) is 9.26. The molecule has 1 aromatic heterocycles. The monoisotopic (exact) mass is 194 g/mol. The second-order valence-corrected chi connectivity index (χ2v) is 4.54. The van der Waals surface area contributed by atoms with Crippen LogP contribution >= 0.6 is 11.8 Å². The van der Waals surface area contributed by atoms with Crippen molar-refractivity contribution in [3.63, 3.8) is 0 Å². The van der Waals surface area contributed by atoms with Gasteiger partial charge in [0.1, 0.15) is 0 Å². The Morgan fingerprint density at radius 2 is 2.46 bits per heavy atom. The maximum Gasteiger partial charge on any atom is 0.0586 e. The van der Waals surface area contributed by atoms with Gasteiger partial charge in [-0.2, -0.15) is 0 Å². The fraction of sp³-hybridized carbons (Fsp3) is 0.500. The van der Waals surface area contributed by atoms with Crippen molar-refractivity contribution in [2.24, 2.45) is 5.73 Å². The molecule has 1 aliphatic rings. The van der Waals surface area contributed by atoms with Gasteiger partial charge in [-0.25, -0.2) is 0 Å². The van der Waals surface area contributed by atoms with E-state index in [0.29, 0.717) is 5.92 Å². The summed E-state index contributed by atoms with van der Waals surface area (Å²) in [5.74, 6) is 1.66. The van der Waals surface area contributed by atoms with Gasteiger partial charge >= 0.3 is 0 Å². The summed E-state index contributed by atoms with van der Waals surface area (Å²) in [6.07, 6.45) is 1.17. The molecule has 2 N–H and O–H groups in total. The summed E-state index contributed by atoms with van der Waals surface area (Å²) in [5, 5.41) is 0. The lowest BCUT2D eigenvalue weighted by molar-refractivity contribution is 0.633. The summed E-state index contributed by atoms with van der Waals surface area (Å²) in [6.45, 7) is 2.76. The molecule has 1 atom stereocenters. The van der Waals surface area contributed by atoms with Crippen molar-refractivity contribution in [3.05, 3.63) is 23.5 Å². The molecule has 70 valence electrons. The molecule has 0 spiro atoms. The number of fused-ring (bicyclic) bond motifs is 1. The Morgan fingerprint density at radius 3 is 3.23 bits per heavy atom. The third-order valence-corrected chi connectivity index (χ3v) is 3.52. The predicted molar refractivity (Wildman–Crippen MR) is 56.1 cm³/mol. The summed E-state index contributed by atoms with van der Waals surface area (Å²) >= 11 is 1.90. The molecule has 0 aromatic carbocycles. The number of hydrogen-bond acceptors (Lipinski definition) is 3. The van der Waals surface area contributed by atoms with Gasteiger partial charge in [0.2, 0.25) is 0 Å². The van der Waals surface area contributed by atoms with E-state index in [-0.39, 0.29) is 0 Å². The van der Waals surface area contributed by atoms with Gasteiger partial charge in [-0.1, -0.05) is 0 Å². The molecule has 1 aliphatic heterocycles. The third-order valence-electron chi connectivity index (χ3n) is 2.42. The van der Waals surface area contributed by atoms with Crippen molar-refractivity contribution in [1.82, 2.24) is 4.98 Å². The second kappa shape index (κ2) is 3.68. The van der Waals surface area contributed by atoms with Gasteiger partial charge in [-0.05, 0) is 31.2 Å². The van der Waals surface area contributed by atoms with Crippen LogP contribution in [0.15, 0.2) is 17.0 Å². The largest absolute Gasteiger partial charge is 0.330 e. The van der Waals surface area contributed by atoms with Crippen molar-refractivity contribution in [2.45, 2.75) is 24.2 Å². The minimum atomic E-state index is 0.483. The van der Waals surface area contributed by atoms with E-state index in [4.69, 9.17) is 5.73 Å². The molecule has 0 amide bonds. The molecule has 0 bridgehead atoms. The predicted octanol–water partition coefficient (Wildman–Crippen LogP) is 1.93. The van der Waals surface area contributed by atoms with Crippen LogP contribution in [0.2, 0.25) is 0 Å². The highest BCUT2D eigenvalue weighted by Crippen LogP contribution is 2.35. The lowest BCUT2D eigenvalue weighted by Gasteiger charge is -2.22. The first kappa shape index (κ1) is 9.03. The number of thioether (sulfide) groups is 1. The molecular weight excluding hydrogens is 180 g/mol. The van der Waals surface area contributed by atoms with Crippen LogP contribution in [0, 0.1) is 6.92 Å². The Bertz CT molecular complexity index is 312. The molecule has 0 radical (unpaired) electrons. The molecule has 0 saturated carbocycles. The van der Waals surface area contributed by atoms with Gasteiger partial charge in [-0.3, -0.25) is 4.98 Å². The Morgan fingerprint density at radius 1 is 1.62 bits per heavy atom. The van der Waals surface area contributed by atoms with Gasteiger partial charge < -0.3 is 5.73 Å². The van der Waals surface area contributed by atoms with E-state index < -0.39 is 0 Å². The number of aryl methyl sites for hydroxylation is 1. The first-order chi connectivity index (χ1) is 6.31. The zero-order valence-electron chi connectivity index (χ0n) is 7.79. The van der Waals surface area contributed by atoms with Crippen LogP contribution in [0.5, 0.6) is 0 Å². The SMILES string of the molecule is Cc1ccc2c(n1)C(CN)CCS2. The number of aromatic nitrogens is 1. The Hall–Kier alpha value is -0.540. The zero-order valence-corrected chi connectivity index (χ0v) is 8.60. The van der Waals surface area contributed by atoms with E-state index >= 15 is 0 Å². The number of rotatable bonds is 1. The Kier molecular flexibility index (Phi) is 2.56. The minimum Gasteiger partial charge on any atom is -0.330 e. The van der Waals surface area contributed by atoms with Crippen molar-refractivity contribution < 1.29 is 0 Å². The van der Waals surface area contributed by atoms with Crippen LogP contribution in [0.1, 0.15) is 23.7 Å². The second-order valence-electron chi connectivity index (χ2n) is 3.41. The number of nitrogens with zero attached hydrogens (tertiary/aromatic N) is 1. The molecule has 2 nitrogen and oxygen atoms in total. The molecule has 0 fully saturated rings. The minimum absolute atomic E-state index is 0.483. The van der Waals surface area contributed by atoms with E-state index in [9.17, 15) is 0 Å². The summed E-state index contributed by atoms with van der Waals surface area (Å²) in [7, 11) is 0. The highest BCUT2D eigenvalue weighted by Gasteiger charge is 2.20. The molecular formula is C10H14N2S. The highest BCUT2D eigenvalue weighted by atomic mass is 32.2. The van der Waals surface area contributed by atoms with E-state index in [1.807, 2.05) is 18.7 Å². The van der Waals surface area contributed by atoms with Crippen LogP contribution in [-0.2, 0) is 0 Å². The van der Waals surface area contributed by atoms with Crippen molar-refractivity contribution in [2.75, 3.05) is 12.3 Å². The van der Waals surface area contributed by atoms with Gasteiger partial charge in [0, 0.05) is 23.1 Å². The Labute approximate surface area is 82.9 Å². The summed E-state index contributed by atoms with van der Waals surface area (Å²) in [4.78, 5) is 5.89. The first-order valence-corrected chi connectivity index (χ1v) is 5.60. The van der Waals surface area contributed by atoms with Gasteiger partial charge in [0.25, 0.3) is 0 Å². The molecule has 2 heterocycles. The lowest BCUT2D eigenvalue weighted by Crippen LogP contribution is -2.18. The fourth-order valence-corrected chi connectivity index (χ4v) is 2.80. The topological polar surface area (TPSA) is 38.9 Å². The van der Waals surface area contributed by atoms with Crippen LogP contribution in [0.3, 0.4) is 0 Å². The molecule has 3 heteroatoms. The van der Waals surface area contributed by atoms with E-state index in [1.165, 1.54) is 22.8 Å². The fourth-order valence-electron chi connectivity index (χ4n) is 1.66. The van der Waals surface area contributed by atoms with Gasteiger partial charge in [-0.15, -0.1) is 11.8 Å². The summed E-state index contributed by atoms with van der Waals surface area (Å²) in [5.41, 5.74) is 8.04. The summed E-state index contributed by atoms with van der Waals surface area (Å²) < 4.78 is 0. The Balaban J connectivity index is 2.41. The van der Waals surface area contributed by atoms with Crippen LogP contribution in [-0.4, -0.2) is 17.3 Å². The summed E-state index contributed by atoms with van der Waals surface area (Å²) in [6, 6.07) is 4.24. The third kappa shape index (κ3) is 1.71. The lowest BCUT2D eigenvalue weighted by atomic mass is 10.0. The molecule has 1 aromatic rings. The van der Waals surface area contributed by atoms with E-state index in [2.05, 4.69) is 17.1 Å².